The smallest absolute Gasteiger partial charge is 0.123 e. The molecule has 1 aromatic rings. The van der Waals surface area contributed by atoms with Crippen molar-refractivity contribution in [2.24, 2.45) is 0 Å². The largest absolute Gasteiger partial charge is 0.496 e. The van der Waals surface area contributed by atoms with E-state index in [4.69, 9.17) is 16.3 Å². The number of rotatable bonds is 3. The zero-order valence-corrected chi connectivity index (χ0v) is 10.3. The van der Waals surface area contributed by atoms with E-state index < -0.39 is 5.60 Å². The molecule has 4 heteroatoms. The van der Waals surface area contributed by atoms with Gasteiger partial charge in [0.1, 0.15) is 5.75 Å². The van der Waals surface area contributed by atoms with Crippen LogP contribution in [0.25, 0.3) is 0 Å². The number of aliphatic hydroxyl groups is 1. The van der Waals surface area contributed by atoms with E-state index in [0.29, 0.717) is 18.1 Å². The topological polar surface area (TPSA) is 32.7 Å². The molecule has 16 heavy (non-hydrogen) atoms. The van der Waals surface area contributed by atoms with E-state index in [-0.39, 0.29) is 0 Å². The number of nitrogens with zero attached hydrogens (tertiary/aromatic N) is 1. The Bertz CT molecular complexity index is 385. The van der Waals surface area contributed by atoms with Crippen LogP contribution < -0.4 is 4.74 Å². The van der Waals surface area contributed by atoms with Crippen molar-refractivity contribution < 1.29 is 9.84 Å². The number of β-amino-alcohol motifs (C(OH)–C–C–N with tert-alkyl or cyclic N) is 1. The second-order valence-corrected chi connectivity index (χ2v) is 5.03. The Hall–Kier alpha value is -0.770. The van der Waals surface area contributed by atoms with Crippen LogP contribution in [0.4, 0.5) is 0 Å². The van der Waals surface area contributed by atoms with E-state index in [2.05, 4.69) is 4.90 Å². The average Bonchev–Trinajstić information content (AvgIpc) is 2.15. The molecule has 1 aliphatic heterocycles. The van der Waals surface area contributed by atoms with Gasteiger partial charge < -0.3 is 9.84 Å². The summed E-state index contributed by atoms with van der Waals surface area (Å²) in [5, 5.41) is 10.4. The summed E-state index contributed by atoms with van der Waals surface area (Å²) in [4.78, 5) is 2.16. The molecular weight excluding hydrogens is 226 g/mol. The molecule has 0 atom stereocenters. The lowest BCUT2D eigenvalue weighted by Gasteiger charge is -2.44. The fourth-order valence-corrected chi connectivity index (χ4v) is 2.34. The first-order valence-corrected chi connectivity index (χ1v) is 5.65. The second kappa shape index (κ2) is 4.24. The fourth-order valence-electron chi connectivity index (χ4n) is 2.14. The van der Waals surface area contributed by atoms with Crippen LogP contribution in [0.3, 0.4) is 0 Å². The van der Waals surface area contributed by atoms with Crippen molar-refractivity contribution in [3.05, 3.63) is 28.8 Å². The standard InChI is InChI=1S/C12H16ClNO2/c1-12(15)7-14(8-12)6-9-5-10(13)3-4-11(9)16-2/h3-5,15H,6-8H2,1-2H3. The zero-order valence-electron chi connectivity index (χ0n) is 9.53. The highest BCUT2D eigenvalue weighted by atomic mass is 35.5. The summed E-state index contributed by atoms with van der Waals surface area (Å²) in [6.07, 6.45) is 0. The van der Waals surface area contributed by atoms with Crippen molar-refractivity contribution in [3.63, 3.8) is 0 Å². The van der Waals surface area contributed by atoms with Gasteiger partial charge in [0.05, 0.1) is 12.7 Å². The first-order chi connectivity index (χ1) is 7.50. The highest BCUT2D eigenvalue weighted by molar-refractivity contribution is 6.30. The summed E-state index contributed by atoms with van der Waals surface area (Å²) in [6, 6.07) is 5.60. The van der Waals surface area contributed by atoms with E-state index in [0.717, 1.165) is 17.9 Å². The number of benzene rings is 1. The molecule has 0 unspecified atom stereocenters. The SMILES string of the molecule is COc1ccc(Cl)cc1CN1CC(C)(O)C1. The summed E-state index contributed by atoms with van der Waals surface area (Å²) < 4.78 is 5.27. The van der Waals surface area contributed by atoms with Crippen LogP contribution in [0.15, 0.2) is 18.2 Å². The van der Waals surface area contributed by atoms with Gasteiger partial charge >= 0.3 is 0 Å². The second-order valence-electron chi connectivity index (χ2n) is 4.60. The van der Waals surface area contributed by atoms with Crippen LogP contribution in [0.2, 0.25) is 5.02 Å². The first-order valence-electron chi connectivity index (χ1n) is 5.27. The van der Waals surface area contributed by atoms with Gasteiger partial charge in [-0.05, 0) is 25.1 Å². The quantitative estimate of drug-likeness (QED) is 0.878. The lowest BCUT2D eigenvalue weighted by Crippen LogP contribution is -2.59. The molecule has 2 rings (SSSR count). The predicted molar refractivity (Wildman–Crippen MR) is 63.9 cm³/mol. The van der Waals surface area contributed by atoms with Crippen LogP contribution >= 0.6 is 11.6 Å². The molecule has 0 aromatic heterocycles. The molecule has 88 valence electrons. The minimum absolute atomic E-state index is 0.536. The van der Waals surface area contributed by atoms with Gasteiger partial charge in [0.15, 0.2) is 0 Å². The number of halogens is 1. The van der Waals surface area contributed by atoms with E-state index >= 15 is 0 Å². The van der Waals surface area contributed by atoms with Crippen molar-refractivity contribution in [2.75, 3.05) is 20.2 Å². The molecule has 0 amide bonds. The van der Waals surface area contributed by atoms with Crippen LogP contribution in [0.5, 0.6) is 5.75 Å². The van der Waals surface area contributed by atoms with Gasteiger partial charge in [-0.25, -0.2) is 0 Å². The number of hydrogen-bond acceptors (Lipinski definition) is 3. The summed E-state index contributed by atoms with van der Waals surface area (Å²) in [5.41, 5.74) is 0.525. The molecule has 1 fully saturated rings. The molecule has 1 N–H and O–H groups in total. The monoisotopic (exact) mass is 241 g/mol. The highest BCUT2D eigenvalue weighted by Gasteiger charge is 2.36. The molecule has 1 saturated heterocycles. The van der Waals surface area contributed by atoms with Gasteiger partial charge in [-0.2, -0.15) is 0 Å². The Morgan fingerprint density at radius 2 is 2.19 bits per heavy atom. The van der Waals surface area contributed by atoms with Crippen molar-refractivity contribution in [3.8, 4) is 5.75 Å². The molecule has 1 aliphatic rings. The van der Waals surface area contributed by atoms with Crippen LogP contribution in [-0.2, 0) is 6.54 Å². The lowest BCUT2D eigenvalue weighted by atomic mass is 9.96. The van der Waals surface area contributed by atoms with Crippen LogP contribution in [0, 0.1) is 0 Å². The van der Waals surface area contributed by atoms with E-state index in [1.165, 1.54) is 0 Å². The highest BCUT2D eigenvalue weighted by Crippen LogP contribution is 2.28. The Balaban J connectivity index is 2.06. The molecule has 3 nitrogen and oxygen atoms in total. The van der Waals surface area contributed by atoms with Gasteiger partial charge in [0.25, 0.3) is 0 Å². The van der Waals surface area contributed by atoms with Gasteiger partial charge in [0, 0.05) is 30.2 Å². The number of ether oxygens (including phenoxy) is 1. The lowest BCUT2D eigenvalue weighted by molar-refractivity contribution is -0.0873. The van der Waals surface area contributed by atoms with Crippen molar-refractivity contribution >= 4 is 11.6 Å². The third-order valence-corrected chi connectivity index (χ3v) is 3.00. The van der Waals surface area contributed by atoms with Crippen molar-refractivity contribution in [1.29, 1.82) is 0 Å². The summed E-state index contributed by atoms with van der Waals surface area (Å²) >= 11 is 5.95. The number of methoxy groups -OCH3 is 1. The van der Waals surface area contributed by atoms with Gasteiger partial charge in [-0.1, -0.05) is 11.6 Å². The third kappa shape index (κ3) is 2.48. The first kappa shape index (κ1) is 11.7. The number of hydrogen-bond donors (Lipinski definition) is 1. The summed E-state index contributed by atoms with van der Waals surface area (Å²) in [5.74, 6) is 0.843. The molecule has 0 aliphatic carbocycles. The minimum atomic E-state index is -0.536. The molecule has 0 bridgehead atoms. The Kier molecular flexibility index (Phi) is 3.10. The maximum Gasteiger partial charge on any atom is 0.123 e. The summed E-state index contributed by atoms with van der Waals surface area (Å²) in [6.45, 7) is 4.00. The predicted octanol–water partition coefficient (Wildman–Crippen LogP) is 1.92. The molecule has 0 radical (unpaired) electrons. The molecule has 1 aromatic carbocycles. The normalized spacial score (nSPS) is 19.2. The molecule has 1 heterocycles. The van der Waals surface area contributed by atoms with Gasteiger partial charge in [-0.3, -0.25) is 4.90 Å². The maximum atomic E-state index is 9.64. The third-order valence-electron chi connectivity index (χ3n) is 2.76. The van der Waals surface area contributed by atoms with Crippen molar-refractivity contribution in [1.82, 2.24) is 4.90 Å². The van der Waals surface area contributed by atoms with E-state index in [9.17, 15) is 5.11 Å². The maximum absolute atomic E-state index is 9.64. The van der Waals surface area contributed by atoms with E-state index in [1.54, 1.807) is 7.11 Å². The fraction of sp³-hybridized carbons (Fsp3) is 0.500. The summed E-state index contributed by atoms with van der Waals surface area (Å²) in [7, 11) is 1.65. The Labute approximate surface area is 101 Å². The molecular formula is C12H16ClNO2. The average molecular weight is 242 g/mol. The van der Waals surface area contributed by atoms with Gasteiger partial charge in [-0.15, -0.1) is 0 Å². The van der Waals surface area contributed by atoms with Crippen LogP contribution in [0.1, 0.15) is 12.5 Å². The number of likely N-dealkylation sites (tertiary alicyclic amines) is 1. The van der Waals surface area contributed by atoms with Crippen molar-refractivity contribution in [2.45, 2.75) is 19.1 Å². The minimum Gasteiger partial charge on any atom is -0.496 e. The Morgan fingerprint density at radius 1 is 1.50 bits per heavy atom. The van der Waals surface area contributed by atoms with E-state index in [1.807, 2.05) is 25.1 Å². The molecule has 0 saturated carbocycles. The van der Waals surface area contributed by atoms with Crippen LogP contribution in [-0.4, -0.2) is 35.8 Å². The molecule has 0 spiro atoms. The Morgan fingerprint density at radius 3 is 2.75 bits per heavy atom. The van der Waals surface area contributed by atoms with Gasteiger partial charge in [0.2, 0.25) is 0 Å². The zero-order chi connectivity index (χ0) is 11.8.